The van der Waals surface area contributed by atoms with E-state index in [2.05, 4.69) is 4.99 Å². The van der Waals surface area contributed by atoms with Crippen LogP contribution < -0.4 is 9.64 Å². The minimum atomic E-state index is -0.274. The topological polar surface area (TPSA) is 62.1 Å². The lowest BCUT2D eigenvalue weighted by molar-refractivity contribution is -0.113. The van der Waals surface area contributed by atoms with E-state index < -0.39 is 0 Å². The fourth-order valence-electron chi connectivity index (χ4n) is 3.17. The molecule has 0 radical (unpaired) electrons. The molecular formula is C24H19ClN2O3. The number of amidine groups is 1. The smallest absolute Gasteiger partial charge is 0.282 e. The molecule has 6 heteroatoms. The first-order chi connectivity index (χ1) is 14.6. The largest absolute Gasteiger partial charge is 0.508 e. The molecule has 1 N–H and O–H groups in total. The first kappa shape index (κ1) is 19.7. The number of aliphatic imine (C=N–C) groups is 1. The number of phenolic OH excluding ortho intramolecular Hbond substituents is 1. The van der Waals surface area contributed by atoms with E-state index in [4.69, 9.17) is 16.3 Å². The van der Waals surface area contributed by atoms with Crippen molar-refractivity contribution in [2.75, 3.05) is 11.5 Å². The number of benzene rings is 3. The lowest BCUT2D eigenvalue weighted by Crippen LogP contribution is -2.32. The Morgan fingerprint density at radius 3 is 2.40 bits per heavy atom. The Labute approximate surface area is 179 Å². The van der Waals surface area contributed by atoms with Gasteiger partial charge in [0.2, 0.25) is 0 Å². The SMILES string of the molecule is CCOc1ccc(/C=C2/N=C(c3ccccc3Cl)N(c3ccc(O)cc3)C2=O)cc1. The van der Waals surface area contributed by atoms with Crippen LogP contribution in [0.5, 0.6) is 11.5 Å². The van der Waals surface area contributed by atoms with Crippen molar-refractivity contribution in [1.29, 1.82) is 0 Å². The van der Waals surface area contributed by atoms with E-state index in [0.717, 1.165) is 11.3 Å². The van der Waals surface area contributed by atoms with Crippen LogP contribution in [0.3, 0.4) is 0 Å². The molecule has 5 nitrogen and oxygen atoms in total. The van der Waals surface area contributed by atoms with Crippen LogP contribution in [0.2, 0.25) is 5.02 Å². The molecule has 0 aliphatic carbocycles. The molecule has 0 saturated heterocycles. The Balaban J connectivity index is 1.77. The van der Waals surface area contributed by atoms with Crippen molar-refractivity contribution in [3.8, 4) is 11.5 Å². The number of nitrogens with zero attached hydrogens (tertiary/aromatic N) is 2. The number of anilines is 1. The molecule has 4 rings (SSSR count). The summed E-state index contributed by atoms with van der Waals surface area (Å²) < 4.78 is 5.47. The molecule has 0 aromatic heterocycles. The van der Waals surface area contributed by atoms with Gasteiger partial charge in [0.15, 0.2) is 0 Å². The van der Waals surface area contributed by atoms with E-state index in [-0.39, 0.29) is 11.7 Å². The first-order valence-corrected chi connectivity index (χ1v) is 9.86. The normalized spacial score (nSPS) is 14.9. The number of ether oxygens (including phenoxy) is 1. The summed E-state index contributed by atoms with van der Waals surface area (Å²) in [6, 6.07) is 21.1. The second-order valence-corrected chi connectivity index (χ2v) is 7.01. The summed E-state index contributed by atoms with van der Waals surface area (Å²) in [5, 5.41) is 10.1. The summed E-state index contributed by atoms with van der Waals surface area (Å²) in [6.45, 7) is 2.52. The summed E-state index contributed by atoms with van der Waals surface area (Å²) in [6.07, 6.45) is 1.73. The third-order valence-electron chi connectivity index (χ3n) is 4.58. The van der Waals surface area contributed by atoms with Crippen molar-refractivity contribution in [2.24, 2.45) is 4.99 Å². The van der Waals surface area contributed by atoms with Gasteiger partial charge in [0.1, 0.15) is 23.0 Å². The quantitative estimate of drug-likeness (QED) is 0.573. The van der Waals surface area contributed by atoms with Gasteiger partial charge >= 0.3 is 0 Å². The second-order valence-electron chi connectivity index (χ2n) is 6.60. The highest BCUT2D eigenvalue weighted by atomic mass is 35.5. The van der Waals surface area contributed by atoms with Crippen LogP contribution in [-0.2, 0) is 4.79 Å². The zero-order chi connectivity index (χ0) is 21.1. The Kier molecular flexibility index (Phi) is 5.55. The number of aromatic hydroxyl groups is 1. The van der Waals surface area contributed by atoms with Crippen LogP contribution in [0.4, 0.5) is 5.69 Å². The molecule has 3 aromatic carbocycles. The standard InChI is InChI=1S/C24H19ClN2O3/c1-2-30-19-13-7-16(8-14-19)15-22-24(29)27(17-9-11-18(28)12-10-17)23(26-22)20-5-3-4-6-21(20)25/h3-15,28H,2H2,1H3/b22-15+. The molecule has 1 amide bonds. The van der Waals surface area contributed by atoms with Gasteiger partial charge < -0.3 is 9.84 Å². The summed E-state index contributed by atoms with van der Waals surface area (Å²) in [7, 11) is 0. The monoisotopic (exact) mass is 418 g/mol. The number of halogens is 1. The minimum absolute atomic E-state index is 0.117. The molecule has 1 heterocycles. The molecule has 0 fully saturated rings. The summed E-state index contributed by atoms with van der Waals surface area (Å²) in [4.78, 5) is 19.4. The maximum absolute atomic E-state index is 13.3. The predicted octanol–water partition coefficient (Wildman–Crippen LogP) is 5.28. The Morgan fingerprint density at radius 2 is 1.73 bits per heavy atom. The number of carbonyl (C=O) groups is 1. The number of phenols is 1. The Bertz CT molecular complexity index is 1140. The minimum Gasteiger partial charge on any atom is -0.508 e. The lowest BCUT2D eigenvalue weighted by Gasteiger charge is -2.19. The van der Waals surface area contributed by atoms with Gasteiger partial charge in [-0.1, -0.05) is 35.9 Å². The van der Waals surface area contributed by atoms with Gasteiger partial charge in [0.25, 0.3) is 5.91 Å². The molecule has 0 spiro atoms. The number of hydrogen-bond acceptors (Lipinski definition) is 4. The fraction of sp³-hybridized carbons (Fsp3) is 0.0833. The summed E-state index contributed by atoms with van der Waals surface area (Å²) >= 11 is 6.39. The maximum atomic E-state index is 13.3. The molecule has 0 unspecified atom stereocenters. The van der Waals surface area contributed by atoms with E-state index in [1.54, 1.807) is 24.3 Å². The first-order valence-electron chi connectivity index (χ1n) is 9.48. The zero-order valence-electron chi connectivity index (χ0n) is 16.2. The van der Waals surface area contributed by atoms with Gasteiger partial charge in [0, 0.05) is 5.56 Å². The lowest BCUT2D eigenvalue weighted by atomic mass is 10.1. The fourth-order valence-corrected chi connectivity index (χ4v) is 3.39. The summed E-state index contributed by atoms with van der Waals surface area (Å²) in [5.41, 5.74) is 2.36. The van der Waals surface area contributed by atoms with Crippen molar-refractivity contribution in [3.63, 3.8) is 0 Å². The zero-order valence-corrected chi connectivity index (χ0v) is 17.0. The average molecular weight is 419 g/mol. The van der Waals surface area contributed by atoms with Gasteiger partial charge in [-0.2, -0.15) is 0 Å². The van der Waals surface area contributed by atoms with E-state index in [9.17, 15) is 9.90 Å². The van der Waals surface area contributed by atoms with Crippen LogP contribution in [-0.4, -0.2) is 23.5 Å². The highest BCUT2D eigenvalue weighted by molar-refractivity contribution is 6.39. The average Bonchev–Trinajstić information content (AvgIpc) is 3.06. The van der Waals surface area contributed by atoms with Crippen molar-refractivity contribution < 1.29 is 14.6 Å². The molecule has 0 atom stereocenters. The molecule has 30 heavy (non-hydrogen) atoms. The Hall–Kier alpha value is -3.57. The van der Waals surface area contributed by atoms with Crippen molar-refractivity contribution in [1.82, 2.24) is 0 Å². The molecule has 0 bridgehead atoms. The van der Waals surface area contributed by atoms with Crippen LogP contribution in [0.25, 0.3) is 6.08 Å². The number of amides is 1. The molecule has 0 saturated carbocycles. The van der Waals surface area contributed by atoms with Crippen LogP contribution in [0.1, 0.15) is 18.1 Å². The number of hydrogen-bond donors (Lipinski definition) is 1. The molecule has 1 aliphatic rings. The highest BCUT2D eigenvalue weighted by Crippen LogP contribution is 2.31. The van der Waals surface area contributed by atoms with Crippen LogP contribution >= 0.6 is 11.6 Å². The highest BCUT2D eigenvalue weighted by Gasteiger charge is 2.33. The van der Waals surface area contributed by atoms with E-state index >= 15 is 0 Å². The Morgan fingerprint density at radius 1 is 1.03 bits per heavy atom. The third-order valence-corrected chi connectivity index (χ3v) is 4.91. The van der Waals surface area contributed by atoms with Crippen LogP contribution in [0.15, 0.2) is 83.5 Å². The van der Waals surface area contributed by atoms with Crippen molar-refractivity contribution in [2.45, 2.75) is 6.92 Å². The van der Waals surface area contributed by atoms with Gasteiger partial charge in [-0.15, -0.1) is 0 Å². The maximum Gasteiger partial charge on any atom is 0.282 e. The van der Waals surface area contributed by atoms with E-state index in [1.807, 2.05) is 49.4 Å². The third kappa shape index (κ3) is 3.93. The van der Waals surface area contributed by atoms with E-state index in [1.165, 1.54) is 17.0 Å². The molecule has 150 valence electrons. The molecule has 3 aromatic rings. The van der Waals surface area contributed by atoms with Gasteiger partial charge in [-0.3, -0.25) is 9.69 Å². The van der Waals surface area contributed by atoms with Crippen LogP contribution in [0, 0.1) is 0 Å². The van der Waals surface area contributed by atoms with Gasteiger partial charge in [-0.25, -0.2) is 4.99 Å². The molecule has 1 aliphatic heterocycles. The number of rotatable bonds is 5. The predicted molar refractivity (Wildman–Crippen MR) is 119 cm³/mol. The van der Waals surface area contributed by atoms with Gasteiger partial charge in [0.05, 0.1) is 17.3 Å². The van der Waals surface area contributed by atoms with Crippen molar-refractivity contribution >= 4 is 35.1 Å². The molecular weight excluding hydrogens is 400 g/mol. The van der Waals surface area contributed by atoms with Crippen molar-refractivity contribution in [3.05, 3.63) is 94.6 Å². The van der Waals surface area contributed by atoms with E-state index in [0.29, 0.717) is 34.4 Å². The summed E-state index contributed by atoms with van der Waals surface area (Å²) in [5.74, 6) is 1.05. The second kappa shape index (κ2) is 8.43. The van der Waals surface area contributed by atoms with Gasteiger partial charge in [-0.05, 0) is 67.1 Å². The number of carbonyl (C=O) groups excluding carboxylic acids is 1.